The second-order valence-corrected chi connectivity index (χ2v) is 5.31. The number of rotatable bonds is 4. The predicted octanol–water partition coefficient (Wildman–Crippen LogP) is 4.82. The van der Waals surface area contributed by atoms with Crippen LogP contribution in [0.25, 0.3) is 6.08 Å². The largest absolute Gasteiger partial charge is 0.465 e. The third-order valence-corrected chi connectivity index (χ3v) is 3.73. The molecule has 0 bridgehead atoms. The van der Waals surface area contributed by atoms with Crippen LogP contribution < -0.4 is 0 Å². The van der Waals surface area contributed by atoms with Gasteiger partial charge in [-0.15, -0.1) is 0 Å². The van der Waals surface area contributed by atoms with Gasteiger partial charge in [-0.05, 0) is 35.9 Å². The van der Waals surface area contributed by atoms with Crippen LogP contribution in [-0.4, -0.2) is 18.9 Å². The van der Waals surface area contributed by atoms with Crippen LogP contribution in [0.15, 0.2) is 42.5 Å². The molecule has 0 unspecified atom stereocenters. The van der Waals surface area contributed by atoms with Crippen molar-refractivity contribution >= 4 is 41.0 Å². The van der Waals surface area contributed by atoms with E-state index in [-0.39, 0.29) is 15.6 Å². The lowest BCUT2D eigenvalue weighted by Gasteiger charge is -2.04. The molecule has 0 spiro atoms. The quantitative estimate of drug-likeness (QED) is 0.343. The Morgan fingerprint density at radius 2 is 1.74 bits per heavy atom. The topological polar surface area (TPSA) is 43.4 Å². The molecule has 0 amide bonds. The number of benzene rings is 2. The summed E-state index contributed by atoms with van der Waals surface area (Å²) in [4.78, 5) is 23.5. The van der Waals surface area contributed by atoms with Crippen molar-refractivity contribution in [2.24, 2.45) is 0 Å². The summed E-state index contributed by atoms with van der Waals surface area (Å²) in [6, 6.07) is 8.79. The molecule has 0 atom stereocenters. The summed E-state index contributed by atoms with van der Waals surface area (Å²) in [5, 5.41) is -0.236. The number of methoxy groups -OCH3 is 1. The third-order valence-electron chi connectivity index (χ3n) is 3.05. The first-order valence-electron chi connectivity index (χ1n) is 6.48. The van der Waals surface area contributed by atoms with Crippen LogP contribution in [0.3, 0.4) is 0 Å². The van der Waals surface area contributed by atoms with E-state index in [2.05, 4.69) is 4.74 Å². The highest BCUT2D eigenvalue weighted by Crippen LogP contribution is 2.28. The molecule has 2 aromatic rings. The molecule has 0 aliphatic heterocycles. The van der Waals surface area contributed by atoms with E-state index in [0.29, 0.717) is 11.1 Å². The number of esters is 1. The highest BCUT2D eigenvalue weighted by Gasteiger charge is 2.15. The van der Waals surface area contributed by atoms with Crippen LogP contribution >= 0.6 is 23.2 Å². The minimum Gasteiger partial charge on any atom is -0.465 e. The van der Waals surface area contributed by atoms with Crippen LogP contribution in [0.2, 0.25) is 10.0 Å². The maximum absolute atomic E-state index is 13.4. The molecule has 0 heterocycles. The van der Waals surface area contributed by atoms with Gasteiger partial charge < -0.3 is 4.74 Å². The molecule has 2 aromatic carbocycles. The summed E-state index contributed by atoms with van der Waals surface area (Å²) in [6.45, 7) is 0. The fraction of sp³-hybridized carbons (Fsp3) is 0.0588. The van der Waals surface area contributed by atoms with E-state index in [4.69, 9.17) is 23.2 Å². The molecular formula is C17H11Cl2FO3. The van der Waals surface area contributed by atoms with E-state index in [1.165, 1.54) is 25.3 Å². The molecule has 0 aromatic heterocycles. The SMILES string of the molecule is COC(=O)c1ccc(/C=C/C(=O)c2c(Cl)ccc(F)c2Cl)cc1. The normalized spacial score (nSPS) is 10.8. The predicted molar refractivity (Wildman–Crippen MR) is 87.6 cm³/mol. The lowest BCUT2D eigenvalue weighted by Crippen LogP contribution is -2.00. The Bertz CT molecular complexity index is 783. The van der Waals surface area contributed by atoms with Crippen LogP contribution in [0.5, 0.6) is 0 Å². The molecule has 0 aliphatic carbocycles. The Balaban J connectivity index is 2.22. The average Bonchev–Trinajstić information content (AvgIpc) is 2.56. The van der Waals surface area contributed by atoms with Crippen molar-refractivity contribution in [3.63, 3.8) is 0 Å². The maximum atomic E-state index is 13.4. The Morgan fingerprint density at radius 3 is 2.35 bits per heavy atom. The lowest BCUT2D eigenvalue weighted by molar-refractivity contribution is 0.0600. The van der Waals surface area contributed by atoms with Gasteiger partial charge in [0.1, 0.15) is 5.82 Å². The first-order valence-corrected chi connectivity index (χ1v) is 7.24. The Kier molecular flexibility index (Phi) is 5.53. The van der Waals surface area contributed by atoms with Crippen molar-refractivity contribution in [1.29, 1.82) is 0 Å². The van der Waals surface area contributed by atoms with Crippen molar-refractivity contribution in [2.45, 2.75) is 0 Å². The zero-order valence-corrected chi connectivity index (χ0v) is 13.5. The van der Waals surface area contributed by atoms with E-state index >= 15 is 0 Å². The van der Waals surface area contributed by atoms with Crippen molar-refractivity contribution < 1.29 is 18.7 Å². The van der Waals surface area contributed by atoms with Gasteiger partial charge in [-0.1, -0.05) is 41.4 Å². The summed E-state index contributed by atoms with van der Waals surface area (Å²) in [5.74, 6) is -1.68. The minimum absolute atomic E-state index is 0.0760. The zero-order chi connectivity index (χ0) is 17.0. The second-order valence-electron chi connectivity index (χ2n) is 4.53. The van der Waals surface area contributed by atoms with Gasteiger partial charge in [-0.3, -0.25) is 4.79 Å². The number of ether oxygens (including phenoxy) is 1. The fourth-order valence-corrected chi connectivity index (χ4v) is 2.41. The van der Waals surface area contributed by atoms with Gasteiger partial charge in [0.05, 0.1) is 28.3 Å². The van der Waals surface area contributed by atoms with Gasteiger partial charge in [0, 0.05) is 0 Å². The van der Waals surface area contributed by atoms with Crippen LogP contribution in [-0.2, 0) is 4.74 Å². The van der Waals surface area contributed by atoms with Gasteiger partial charge in [-0.2, -0.15) is 0 Å². The van der Waals surface area contributed by atoms with Gasteiger partial charge >= 0.3 is 5.97 Å². The second kappa shape index (κ2) is 7.40. The molecule has 0 radical (unpaired) electrons. The number of allylic oxidation sites excluding steroid dienone is 1. The Labute approximate surface area is 142 Å². The van der Waals surface area contributed by atoms with E-state index in [1.54, 1.807) is 24.3 Å². The van der Waals surface area contributed by atoms with Crippen molar-refractivity contribution in [1.82, 2.24) is 0 Å². The molecule has 0 fully saturated rings. The fourth-order valence-electron chi connectivity index (χ4n) is 1.86. The monoisotopic (exact) mass is 352 g/mol. The first kappa shape index (κ1) is 17.2. The molecule has 23 heavy (non-hydrogen) atoms. The van der Waals surface area contributed by atoms with Crippen LogP contribution in [0, 0.1) is 5.82 Å². The lowest BCUT2D eigenvalue weighted by atomic mass is 10.1. The highest BCUT2D eigenvalue weighted by atomic mass is 35.5. The minimum atomic E-state index is -0.713. The van der Waals surface area contributed by atoms with E-state index in [0.717, 1.165) is 6.07 Å². The Hall–Kier alpha value is -2.17. The standard InChI is InChI=1S/C17H11Cl2FO3/c1-23-17(22)11-5-2-10(3-6-11)4-9-14(21)15-12(18)7-8-13(20)16(15)19/h2-9H,1H3/b9-4+. The summed E-state index contributed by atoms with van der Waals surface area (Å²) in [5.41, 5.74) is 0.984. The summed E-state index contributed by atoms with van der Waals surface area (Å²) >= 11 is 11.7. The van der Waals surface area contributed by atoms with Crippen LogP contribution in [0.4, 0.5) is 4.39 Å². The summed E-state index contributed by atoms with van der Waals surface area (Å²) in [7, 11) is 1.29. The number of hydrogen-bond donors (Lipinski definition) is 0. The van der Waals surface area contributed by atoms with Gasteiger partial charge in [0.15, 0.2) is 5.78 Å². The molecule has 3 nitrogen and oxygen atoms in total. The smallest absolute Gasteiger partial charge is 0.337 e. The molecule has 6 heteroatoms. The molecule has 0 N–H and O–H groups in total. The van der Waals surface area contributed by atoms with Gasteiger partial charge in [0.25, 0.3) is 0 Å². The summed E-state index contributed by atoms with van der Waals surface area (Å²) in [6.07, 6.45) is 2.75. The van der Waals surface area contributed by atoms with Crippen LogP contribution in [0.1, 0.15) is 26.3 Å². The molecule has 0 saturated heterocycles. The van der Waals surface area contributed by atoms with E-state index in [1.807, 2.05) is 0 Å². The third kappa shape index (κ3) is 3.97. The summed E-state index contributed by atoms with van der Waals surface area (Å²) < 4.78 is 18.0. The number of halogens is 3. The average molecular weight is 353 g/mol. The van der Waals surface area contributed by atoms with Gasteiger partial charge in [-0.25, -0.2) is 9.18 Å². The van der Waals surface area contributed by atoms with Crippen molar-refractivity contribution in [3.8, 4) is 0 Å². The van der Waals surface area contributed by atoms with Gasteiger partial charge in [0.2, 0.25) is 0 Å². The number of carbonyl (C=O) groups excluding carboxylic acids is 2. The molecule has 0 saturated carbocycles. The molecule has 0 aliphatic rings. The van der Waals surface area contributed by atoms with E-state index < -0.39 is 17.6 Å². The Morgan fingerprint density at radius 1 is 1.09 bits per heavy atom. The molecule has 2 rings (SSSR count). The number of ketones is 1. The maximum Gasteiger partial charge on any atom is 0.337 e. The number of hydrogen-bond acceptors (Lipinski definition) is 3. The first-order chi connectivity index (χ1) is 10.9. The van der Waals surface area contributed by atoms with E-state index in [9.17, 15) is 14.0 Å². The highest BCUT2D eigenvalue weighted by molar-refractivity contribution is 6.40. The number of carbonyl (C=O) groups is 2. The van der Waals surface area contributed by atoms with Crippen molar-refractivity contribution in [3.05, 3.63) is 75.0 Å². The molecule has 118 valence electrons. The zero-order valence-electron chi connectivity index (χ0n) is 12.0. The van der Waals surface area contributed by atoms with Crippen molar-refractivity contribution in [2.75, 3.05) is 7.11 Å². The molecular weight excluding hydrogens is 342 g/mol.